The lowest BCUT2D eigenvalue weighted by atomic mass is 10.2. The van der Waals surface area contributed by atoms with E-state index >= 15 is 0 Å². The minimum Gasteiger partial charge on any atom is -0.396 e. The van der Waals surface area contributed by atoms with E-state index in [1.807, 2.05) is 12.1 Å². The molecule has 0 atom stereocenters. The molecular formula is C10H8N6OS. The summed E-state index contributed by atoms with van der Waals surface area (Å²) in [4.78, 5) is 4.33. The Morgan fingerprint density at radius 1 is 1.44 bits per heavy atom. The molecule has 2 aromatic heterocycles. The van der Waals surface area contributed by atoms with Gasteiger partial charge < -0.3 is 15.6 Å². The smallest absolute Gasteiger partial charge is 0.223 e. The van der Waals surface area contributed by atoms with Gasteiger partial charge in [-0.1, -0.05) is 5.16 Å². The number of hydrogen-bond donors (Lipinski definition) is 2. The van der Waals surface area contributed by atoms with Crippen LogP contribution in [0.4, 0.5) is 10.7 Å². The summed E-state index contributed by atoms with van der Waals surface area (Å²) in [5.74, 6) is 0.942. The van der Waals surface area contributed by atoms with Crippen molar-refractivity contribution in [2.75, 3.05) is 11.1 Å². The van der Waals surface area contributed by atoms with E-state index < -0.39 is 0 Å². The third-order valence-corrected chi connectivity index (χ3v) is 3.20. The quantitative estimate of drug-likeness (QED) is 0.853. The SMILES string of the molecule is Cc1nc(CNc2sc(C#N)c(N)c2C#N)no1. The van der Waals surface area contributed by atoms with E-state index in [0.29, 0.717) is 28.1 Å². The Bertz CT molecular complexity index is 659. The summed E-state index contributed by atoms with van der Waals surface area (Å²) in [5.41, 5.74) is 6.15. The van der Waals surface area contributed by atoms with E-state index in [2.05, 4.69) is 15.5 Å². The standard InChI is InChI=1S/C10H8N6OS/c1-5-15-8(16-17-5)4-14-10-6(2-11)9(13)7(3-12)18-10/h14H,4,13H2,1H3. The molecule has 0 spiro atoms. The normalized spacial score (nSPS) is 9.72. The average Bonchev–Trinajstić information content (AvgIpc) is 2.90. The molecule has 18 heavy (non-hydrogen) atoms. The molecule has 3 N–H and O–H groups in total. The fraction of sp³-hybridized carbons (Fsp3) is 0.200. The van der Waals surface area contributed by atoms with Crippen LogP contribution in [0, 0.1) is 29.6 Å². The van der Waals surface area contributed by atoms with Crippen LogP contribution in [0.5, 0.6) is 0 Å². The summed E-state index contributed by atoms with van der Waals surface area (Å²) in [6, 6.07) is 3.91. The molecule has 0 saturated carbocycles. The van der Waals surface area contributed by atoms with Gasteiger partial charge in [0.05, 0.1) is 12.2 Å². The number of aromatic nitrogens is 2. The minimum atomic E-state index is 0.205. The highest BCUT2D eigenvalue weighted by atomic mass is 32.1. The third-order valence-electron chi connectivity index (χ3n) is 2.14. The van der Waals surface area contributed by atoms with Crippen molar-refractivity contribution < 1.29 is 4.52 Å². The largest absolute Gasteiger partial charge is 0.396 e. The number of nitriles is 2. The van der Waals surface area contributed by atoms with Crippen molar-refractivity contribution in [1.82, 2.24) is 10.1 Å². The Hall–Kier alpha value is -2.58. The summed E-state index contributed by atoms with van der Waals surface area (Å²) < 4.78 is 4.82. The number of rotatable bonds is 3. The second kappa shape index (κ2) is 4.73. The lowest BCUT2D eigenvalue weighted by Gasteiger charge is -1.99. The summed E-state index contributed by atoms with van der Waals surface area (Å²) in [6.45, 7) is 1.99. The monoisotopic (exact) mass is 260 g/mol. The van der Waals surface area contributed by atoms with Crippen molar-refractivity contribution in [2.45, 2.75) is 13.5 Å². The van der Waals surface area contributed by atoms with Crippen LogP contribution in [0.1, 0.15) is 22.2 Å². The number of thiophene rings is 1. The second-order valence-corrected chi connectivity index (χ2v) is 4.38. The summed E-state index contributed by atoms with van der Waals surface area (Å²) in [5, 5.41) is 25.0. The van der Waals surface area contributed by atoms with E-state index in [-0.39, 0.29) is 11.3 Å². The zero-order valence-corrected chi connectivity index (χ0v) is 10.2. The van der Waals surface area contributed by atoms with Crippen LogP contribution < -0.4 is 11.1 Å². The van der Waals surface area contributed by atoms with E-state index in [0.717, 1.165) is 11.3 Å². The van der Waals surface area contributed by atoms with Crippen molar-refractivity contribution in [3.8, 4) is 12.1 Å². The topological polar surface area (TPSA) is 125 Å². The van der Waals surface area contributed by atoms with E-state index in [9.17, 15) is 0 Å². The van der Waals surface area contributed by atoms with Crippen LogP contribution in [-0.2, 0) is 6.54 Å². The zero-order chi connectivity index (χ0) is 13.1. The van der Waals surface area contributed by atoms with Crippen LogP contribution >= 0.6 is 11.3 Å². The molecule has 0 aliphatic carbocycles. The lowest BCUT2D eigenvalue weighted by Crippen LogP contribution is -2.01. The first-order valence-electron chi connectivity index (χ1n) is 4.91. The molecular weight excluding hydrogens is 252 g/mol. The van der Waals surface area contributed by atoms with Crippen molar-refractivity contribution in [3.05, 3.63) is 22.2 Å². The number of nitrogen functional groups attached to an aromatic ring is 1. The molecule has 0 amide bonds. The number of hydrogen-bond acceptors (Lipinski definition) is 8. The Balaban J connectivity index is 2.20. The van der Waals surface area contributed by atoms with Gasteiger partial charge in [-0.25, -0.2) is 0 Å². The molecule has 0 aromatic carbocycles. The van der Waals surface area contributed by atoms with Crippen molar-refractivity contribution in [2.24, 2.45) is 0 Å². The molecule has 0 aliphatic rings. The predicted octanol–water partition coefficient (Wildman–Crippen LogP) is 1.38. The fourth-order valence-corrected chi connectivity index (χ4v) is 2.20. The van der Waals surface area contributed by atoms with Gasteiger partial charge in [-0.2, -0.15) is 15.5 Å². The highest BCUT2D eigenvalue weighted by Crippen LogP contribution is 2.34. The van der Waals surface area contributed by atoms with Crippen LogP contribution in [-0.4, -0.2) is 10.1 Å². The van der Waals surface area contributed by atoms with Gasteiger partial charge >= 0.3 is 0 Å². The Morgan fingerprint density at radius 2 is 2.22 bits per heavy atom. The maximum absolute atomic E-state index is 8.99. The maximum Gasteiger partial charge on any atom is 0.223 e. The Morgan fingerprint density at radius 3 is 2.78 bits per heavy atom. The van der Waals surface area contributed by atoms with Gasteiger partial charge in [-0.3, -0.25) is 0 Å². The van der Waals surface area contributed by atoms with E-state index in [4.69, 9.17) is 20.8 Å². The van der Waals surface area contributed by atoms with Crippen molar-refractivity contribution in [3.63, 3.8) is 0 Å². The molecule has 2 heterocycles. The van der Waals surface area contributed by atoms with Gasteiger partial charge in [0.25, 0.3) is 0 Å². The highest BCUT2D eigenvalue weighted by molar-refractivity contribution is 7.17. The molecule has 0 aliphatic heterocycles. The zero-order valence-electron chi connectivity index (χ0n) is 9.39. The first kappa shape index (κ1) is 11.9. The fourth-order valence-electron chi connectivity index (χ4n) is 1.33. The summed E-state index contributed by atoms with van der Waals surface area (Å²) in [6.07, 6.45) is 0. The Kier molecular flexibility index (Phi) is 3.13. The number of nitrogens with one attached hydrogen (secondary N) is 1. The van der Waals surface area contributed by atoms with E-state index in [1.165, 1.54) is 0 Å². The summed E-state index contributed by atoms with van der Waals surface area (Å²) in [7, 11) is 0. The maximum atomic E-state index is 8.99. The summed E-state index contributed by atoms with van der Waals surface area (Å²) >= 11 is 1.13. The van der Waals surface area contributed by atoms with Crippen LogP contribution in [0.3, 0.4) is 0 Å². The van der Waals surface area contributed by atoms with Gasteiger partial charge in [-0.15, -0.1) is 11.3 Å². The minimum absolute atomic E-state index is 0.205. The number of aryl methyl sites for hydroxylation is 1. The Labute approximate surface area is 106 Å². The molecule has 0 radical (unpaired) electrons. The highest BCUT2D eigenvalue weighted by Gasteiger charge is 2.15. The molecule has 90 valence electrons. The van der Waals surface area contributed by atoms with Gasteiger partial charge in [0.1, 0.15) is 27.6 Å². The van der Waals surface area contributed by atoms with Crippen molar-refractivity contribution in [1.29, 1.82) is 10.5 Å². The van der Waals surface area contributed by atoms with Gasteiger partial charge in [-0.05, 0) is 0 Å². The van der Waals surface area contributed by atoms with Gasteiger partial charge in [0, 0.05) is 6.92 Å². The first-order valence-corrected chi connectivity index (χ1v) is 5.73. The molecule has 0 unspecified atom stereocenters. The van der Waals surface area contributed by atoms with Crippen molar-refractivity contribution >= 4 is 22.0 Å². The molecule has 7 nitrogen and oxygen atoms in total. The third kappa shape index (κ3) is 2.10. The number of nitrogens with two attached hydrogens (primary N) is 1. The van der Waals surface area contributed by atoms with Crippen LogP contribution in [0.2, 0.25) is 0 Å². The first-order chi connectivity index (χ1) is 8.65. The van der Waals surface area contributed by atoms with Crippen LogP contribution in [0.15, 0.2) is 4.52 Å². The van der Waals surface area contributed by atoms with Gasteiger partial charge in [0.15, 0.2) is 5.82 Å². The predicted molar refractivity (Wildman–Crippen MR) is 64.5 cm³/mol. The van der Waals surface area contributed by atoms with Crippen LogP contribution in [0.25, 0.3) is 0 Å². The molecule has 8 heteroatoms. The van der Waals surface area contributed by atoms with E-state index in [1.54, 1.807) is 6.92 Å². The second-order valence-electron chi connectivity index (χ2n) is 3.36. The lowest BCUT2D eigenvalue weighted by molar-refractivity contribution is 0.388. The average molecular weight is 260 g/mol. The van der Waals surface area contributed by atoms with Gasteiger partial charge in [0.2, 0.25) is 5.89 Å². The molecule has 2 aromatic rings. The molecule has 0 saturated heterocycles. The number of nitrogens with zero attached hydrogens (tertiary/aromatic N) is 4. The number of anilines is 2. The molecule has 0 fully saturated rings. The molecule has 2 rings (SSSR count). The molecule has 0 bridgehead atoms.